The second kappa shape index (κ2) is 7.81. The molecule has 0 aliphatic carbocycles. The normalized spacial score (nSPS) is 17.4. The Morgan fingerprint density at radius 3 is 2.69 bits per heavy atom. The number of hydrogen-bond donors (Lipinski definition) is 1. The van der Waals surface area contributed by atoms with Gasteiger partial charge in [0, 0.05) is 29.8 Å². The molecule has 2 amide bonds. The van der Waals surface area contributed by atoms with E-state index in [9.17, 15) is 14.0 Å². The smallest absolute Gasteiger partial charge is 0.262 e. The van der Waals surface area contributed by atoms with E-state index in [1.807, 2.05) is 18.4 Å². The van der Waals surface area contributed by atoms with E-state index in [2.05, 4.69) is 20.5 Å². The summed E-state index contributed by atoms with van der Waals surface area (Å²) in [7, 11) is 1.51. The lowest BCUT2D eigenvalue weighted by Crippen LogP contribution is -2.49. The molecule has 0 saturated carbocycles. The molecule has 0 fully saturated rings. The summed E-state index contributed by atoms with van der Waals surface area (Å²) in [5.74, 6) is -0.0439. The van der Waals surface area contributed by atoms with Crippen LogP contribution in [-0.2, 0) is 10.2 Å². The number of rotatable bonds is 4. The summed E-state index contributed by atoms with van der Waals surface area (Å²) < 4.78 is 16.5. The highest BCUT2D eigenvalue weighted by Gasteiger charge is 2.45. The minimum atomic E-state index is -1.64. The Morgan fingerprint density at radius 1 is 1.22 bits per heavy atom. The van der Waals surface area contributed by atoms with E-state index in [1.54, 1.807) is 56.6 Å². The van der Waals surface area contributed by atoms with Crippen molar-refractivity contribution in [2.75, 3.05) is 17.3 Å². The Kier molecular flexibility index (Phi) is 5.28. The SMILES string of the molecule is CC(C)n1cnnc1-c1cccc(NC(=O)c2ccc3c(c2)N(C)C(=O)C(F)C3(C)C)n1. The van der Waals surface area contributed by atoms with Gasteiger partial charge in [0.15, 0.2) is 12.0 Å². The van der Waals surface area contributed by atoms with Crippen molar-refractivity contribution in [2.24, 2.45) is 0 Å². The first-order valence-electron chi connectivity index (χ1n) is 10.4. The molecule has 2 aromatic heterocycles. The summed E-state index contributed by atoms with van der Waals surface area (Å²) in [6.07, 6.45) is 0.000838. The Morgan fingerprint density at radius 2 is 1.97 bits per heavy atom. The number of fused-ring (bicyclic) bond motifs is 1. The first kappa shape index (κ1) is 21.6. The van der Waals surface area contributed by atoms with Gasteiger partial charge in [0.05, 0.1) is 0 Å². The third-order valence-electron chi connectivity index (χ3n) is 5.85. The van der Waals surface area contributed by atoms with Gasteiger partial charge in [0.2, 0.25) is 0 Å². The largest absolute Gasteiger partial charge is 0.313 e. The summed E-state index contributed by atoms with van der Waals surface area (Å²) in [5, 5.41) is 10.9. The second-order valence-corrected chi connectivity index (χ2v) is 8.73. The van der Waals surface area contributed by atoms with Crippen LogP contribution in [0.2, 0.25) is 0 Å². The first-order chi connectivity index (χ1) is 15.1. The van der Waals surface area contributed by atoms with Crippen LogP contribution in [0.5, 0.6) is 0 Å². The zero-order chi connectivity index (χ0) is 23.2. The standard InChI is InChI=1S/C23H25FN6O2/c1-13(2)30-12-25-28-20(30)16-7-6-8-18(26-16)27-21(31)14-9-10-15-17(11-14)29(5)22(32)19(24)23(15,3)4/h6-13,19H,1-5H3,(H,26,27,31). The van der Waals surface area contributed by atoms with E-state index in [0.717, 1.165) is 0 Å². The molecule has 1 aromatic carbocycles. The molecule has 9 heteroatoms. The molecule has 0 bridgehead atoms. The average Bonchev–Trinajstić information content (AvgIpc) is 3.27. The van der Waals surface area contributed by atoms with E-state index in [1.165, 1.54) is 11.9 Å². The van der Waals surface area contributed by atoms with Crippen molar-refractivity contribution < 1.29 is 14.0 Å². The molecule has 8 nitrogen and oxygen atoms in total. The van der Waals surface area contributed by atoms with Crippen LogP contribution in [-0.4, -0.2) is 44.8 Å². The fourth-order valence-corrected chi connectivity index (χ4v) is 3.85. The number of anilines is 2. The fourth-order valence-electron chi connectivity index (χ4n) is 3.85. The van der Waals surface area contributed by atoms with Gasteiger partial charge in [-0.15, -0.1) is 10.2 Å². The second-order valence-electron chi connectivity index (χ2n) is 8.73. The van der Waals surface area contributed by atoms with E-state index < -0.39 is 17.5 Å². The molecule has 4 rings (SSSR count). The highest BCUT2D eigenvalue weighted by atomic mass is 19.1. The Balaban J connectivity index is 1.62. The molecule has 1 aliphatic rings. The van der Waals surface area contributed by atoms with E-state index >= 15 is 0 Å². The number of halogens is 1. The summed E-state index contributed by atoms with van der Waals surface area (Å²) in [6, 6.07) is 10.4. The molecule has 3 aromatic rings. The van der Waals surface area contributed by atoms with Gasteiger partial charge in [0.25, 0.3) is 11.8 Å². The Hall–Kier alpha value is -3.62. The molecular weight excluding hydrogens is 411 g/mol. The molecule has 1 N–H and O–H groups in total. The number of nitrogens with zero attached hydrogens (tertiary/aromatic N) is 5. The molecule has 0 spiro atoms. The van der Waals surface area contributed by atoms with Crippen LogP contribution < -0.4 is 10.2 Å². The predicted molar refractivity (Wildman–Crippen MR) is 119 cm³/mol. The molecule has 1 atom stereocenters. The first-order valence-corrected chi connectivity index (χ1v) is 10.4. The van der Waals surface area contributed by atoms with E-state index in [4.69, 9.17) is 0 Å². The monoisotopic (exact) mass is 436 g/mol. The third kappa shape index (κ3) is 3.53. The number of carbonyl (C=O) groups is 2. The number of hydrogen-bond acceptors (Lipinski definition) is 5. The van der Waals surface area contributed by atoms with E-state index in [0.29, 0.717) is 34.2 Å². The van der Waals surface area contributed by atoms with Crippen molar-refractivity contribution in [3.05, 3.63) is 53.9 Å². The van der Waals surface area contributed by atoms with Crippen molar-refractivity contribution in [1.29, 1.82) is 0 Å². The van der Waals surface area contributed by atoms with E-state index in [-0.39, 0.29) is 11.9 Å². The quantitative estimate of drug-likeness (QED) is 0.672. The maximum atomic E-state index is 14.6. The number of pyridine rings is 1. The topological polar surface area (TPSA) is 93.0 Å². The van der Waals surface area contributed by atoms with Crippen LogP contribution in [0.1, 0.15) is 49.7 Å². The molecule has 1 unspecified atom stereocenters. The molecule has 32 heavy (non-hydrogen) atoms. The van der Waals surface area contributed by atoms with Gasteiger partial charge < -0.3 is 14.8 Å². The molecule has 1 aliphatic heterocycles. The van der Waals surface area contributed by atoms with Crippen molar-refractivity contribution in [1.82, 2.24) is 19.7 Å². The number of aromatic nitrogens is 4. The summed E-state index contributed by atoms with van der Waals surface area (Å²) in [4.78, 5) is 31.0. The predicted octanol–water partition coefficient (Wildman–Crippen LogP) is 3.77. The number of carbonyl (C=O) groups excluding carboxylic acids is 2. The maximum absolute atomic E-state index is 14.6. The zero-order valence-corrected chi connectivity index (χ0v) is 18.6. The molecular formula is C23H25FN6O2. The number of amides is 2. The van der Waals surface area contributed by atoms with Crippen LogP contribution in [0, 0.1) is 0 Å². The van der Waals surface area contributed by atoms with Crippen LogP contribution in [0.25, 0.3) is 11.5 Å². The molecule has 3 heterocycles. The van der Waals surface area contributed by atoms with Gasteiger partial charge in [-0.05, 0) is 43.7 Å². The Bertz CT molecular complexity index is 1200. The van der Waals surface area contributed by atoms with Crippen molar-refractivity contribution in [2.45, 2.75) is 45.3 Å². The lowest BCUT2D eigenvalue weighted by atomic mass is 9.75. The zero-order valence-electron chi connectivity index (χ0n) is 18.6. The third-order valence-corrected chi connectivity index (χ3v) is 5.85. The summed E-state index contributed by atoms with van der Waals surface area (Å²) in [5.41, 5.74) is 1.15. The fraction of sp³-hybridized carbons (Fsp3) is 0.348. The van der Waals surface area contributed by atoms with Crippen LogP contribution in [0.15, 0.2) is 42.7 Å². The van der Waals surface area contributed by atoms with Gasteiger partial charge in [-0.25, -0.2) is 9.37 Å². The average molecular weight is 436 g/mol. The lowest BCUT2D eigenvalue weighted by Gasteiger charge is -2.39. The lowest BCUT2D eigenvalue weighted by molar-refractivity contribution is -0.125. The van der Waals surface area contributed by atoms with Gasteiger partial charge in [-0.2, -0.15) is 0 Å². The minimum absolute atomic E-state index is 0.156. The van der Waals surface area contributed by atoms with Gasteiger partial charge >= 0.3 is 0 Å². The molecule has 0 saturated heterocycles. The maximum Gasteiger partial charge on any atom is 0.262 e. The van der Waals surface area contributed by atoms with Gasteiger partial charge in [0.1, 0.15) is 17.8 Å². The summed E-state index contributed by atoms with van der Waals surface area (Å²) in [6.45, 7) is 7.41. The number of alkyl halides is 1. The van der Waals surface area contributed by atoms with Crippen molar-refractivity contribution in [3.63, 3.8) is 0 Å². The highest BCUT2D eigenvalue weighted by Crippen LogP contribution is 2.41. The Labute approximate surface area is 185 Å². The minimum Gasteiger partial charge on any atom is -0.313 e. The highest BCUT2D eigenvalue weighted by molar-refractivity contribution is 6.07. The number of benzene rings is 1. The van der Waals surface area contributed by atoms with Crippen molar-refractivity contribution in [3.8, 4) is 11.5 Å². The summed E-state index contributed by atoms with van der Waals surface area (Å²) >= 11 is 0. The van der Waals surface area contributed by atoms with Crippen LogP contribution >= 0.6 is 0 Å². The van der Waals surface area contributed by atoms with Crippen LogP contribution in [0.4, 0.5) is 15.9 Å². The van der Waals surface area contributed by atoms with Gasteiger partial charge in [-0.3, -0.25) is 9.59 Å². The van der Waals surface area contributed by atoms with Crippen LogP contribution in [0.3, 0.4) is 0 Å². The number of nitrogens with one attached hydrogen (secondary N) is 1. The van der Waals surface area contributed by atoms with Gasteiger partial charge in [-0.1, -0.05) is 26.0 Å². The van der Waals surface area contributed by atoms with Crippen molar-refractivity contribution >= 4 is 23.3 Å². The molecule has 166 valence electrons. The molecule has 0 radical (unpaired) electrons.